The van der Waals surface area contributed by atoms with E-state index < -0.39 is 0 Å². The van der Waals surface area contributed by atoms with E-state index >= 15 is 0 Å². The van der Waals surface area contributed by atoms with E-state index in [0.29, 0.717) is 42.6 Å². The van der Waals surface area contributed by atoms with Gasteiger partial charge < -0.3 is 15.5 Å². The van der Waals surface area contributed by atoms with Crippen molar-refractivity contribution in [2.24, 2.45) is 35.0 Å². The molecule has 1 amide bonds. The summed E-state index contributed by atoms with van der Waals surface area (Å²) in [6.45, 7) is 7.28. The molecule has 29 heavy (non-hydrogen) atoms. The number of hydrogen-bond donors (Lipinski definition) is 3. The van der Waals surface area contributed by atoms with Crippen LogP contribution in [0.3, 0.4) is 0 Å². The molecule has 0 saturated heterocycles. The summed E-state index contributed by atoms with van der Waals surface area (Å²) in [7, 11) is 0. The van der Waals surface area contributed by atoms with Crippen molar-refractivity contribution >= 4 is 5.91 Å². The number of aliphatic hydroxyl groups excluding tert-OH is 2. The van der Waals surface area contributed by atoms with Gasteiger partial charge in [0.2, 0.25) is 5.91 Å². The van der Waals surface area contributed by atoms with Gasteiger partial charge in [0.15, 0.2) is 0 Å². The summed E-state index contributed by atoms with van der Waals surface area (Å²) in [5, 5.41) is 24.5. The average Bonchev–Trinajstić information content (AvgIpc) is 3.05. The molecule has 4 rings (SSSR count). The van der Waals surface area contributed by atoms with Gasteiger partial charge in [0, 0.05) is 18.4 Å². The molecule has 0 aromatic heterocycles. The molecule has 0 aliphatic heterocycles. The van der Waals surface area contributed by atoms with Crippen LogP contribution >= 0.6 is 0 Å². The Morgan fingerprint density at radius 2 is 1.97 bits per heavy atom. The zero-order chi connectivity index (χ0) is 20.8. The number of allylic oxidation sites excluding steroid dienone is 1. The van der Waals surface area contributed by atoms with Gasteiger partial charge in [-0.2, -0.15) is 0 Å². The molecule has 0 bridgehead atoms. The molecule has 4 aliphatic rings. The highest BCUT2D eigenvalue weighted by Crippen LogP contribution is 2.62. The summed E-state index contributed by atoms with van der Waals surface area (Å²) in [5.74, 6) is 2.95. The minimum atomic E-state index is -0.267. The van der Waals surface area contributed by atoms with E-state index in [-0.39, 0.29) is 23.5 Å². The van der Waals surface area contributed by atoms with Crippen molar-refractivity contribution in [1.82, 2.24) is 5.32 Å². The number of carbonyl (C=O) groups is 1. The van der Waals surface area contributed by atoms with Gasteiger partial charge in [-0.05, 0) is 94.3 Å². The van der Waals surface area contributed by atoms with Gasteiger partial charge in [-0.3, -0.25) is 4.79 Å². The van der Waals surface area contributed by atoms with Crippen LogP contribution in [0.2, 0.25) is 0 Å². The van der Waals surface area contributed by atoms with Crippen molar-refractivity contribution in [1.29, 1.82) is 0 Å². The summed E-state index contributed by atoms with van der Waals surface area (Å²) >= 11 is 0. The van der Waals surface area contributed by atoms with Gasteiger partial charge in [0.05, 0.1) is 12.2 Å². The summed E-state index contributed by atoms with van der Waals surface area (Å²) < 4.78 is 0. The first-order chi connectivity index (χ1) is 13.9. The Bertz CT molecular complexity index is 658. The Morgan fingerprint density at radius 3 is 2.72 bits per heavy atom. The Kier molecular flexibility index (Phi) is 6.14. The molecular formula is C25H41NO3. The molecule has 8 atom stereocenters. The molecule has 0 spiro atoms. The van der Waals surface area contributed by atoms with Crippen LogP contribution in [0.25, 0.3) is 0 Å². The third-order valence-corrected chi connectivity index (χ3v) is 9.33. The topological polar surface area (TPSA) is 69.6 Å². The Morgan fingerprint density at radius 1 is 1.17 bits per heavy atom. The van der Waals surface area contributed by atoms with Crippen molar-refractivity contribution in [3.8, 4) is 0 Å². The Balaban J connectivity index is 1.53. The van der Waals surface area contributed by atoms with E-state index in [1.165, 1.54) is 12.8 Å². The first-order valence-electron chi connectivity index (χ1n) is 12.2. The van der Waals surface area contributed by atoms with Crippen LogP contribution in [0.5, 0.6) is 0 Å². The molecule has 3 saturated carbocycles. The maximum atomic E-state index is 11.9. The van der Waals surface area contributed by atoms with Crippen LogP contribution in [0.4, 0.5) is 0 Å². The van der Waals surface area contributed by atoms with Gasteiger partial charge in [0.1, 0.15) is 0 Å². The van der Waals surface area contributed by atoms with E-state index in [9.17, 15) is 15.0 Å². The van der Waals surface area contributed by atoms with Crippen LogP contribution in [0.1, 0.15) is 85.0 Å². The molecule has 3 fully saturated rings. The number of carbonyl (C=O) groups excluding carboxylic acids is 1. The molecule has 4 nitrogen and oxygen atoms in total. The fourth-order valence-electron chi connectivity index (χ4n) is 7.85. The summed E-state index contributed by atoms with van der Waals surface area (Å²) in [6, 6.07) is 0. The van der Waals surface area contributed by atoms with Crippen LogP contribution in [-0.4, -0.2) is 34.9 Å². The van der Waals surface area contributed by atoms with E-state index in [1.54, 1.807) is 11.1 Å². The van der Waals surface area contributed by atoms with Gasteiger partial charge in [-0.25, -0.2) is 0 Å². The van der Waals surface area contributed by atoms with Gasteiger partial charge in [-0.1, -0.05) is 25.0 Å². The first kappa shape index (κ1) is 21.4. The lowest BCUT2D eigenvalue weighted by Crippen LogP contribution is -2.48. The van der Waals surface area contributed by atoms with Gasteiger partial charge in [0.25, 0.3) is 0 Å². The number of rotatable bonds is 5. The standard InChI is InChI=1S/C25H41NO3/c1-4-26-24(29)12-5-15(2)21-10-11-22-19-8-6-16-13-17(27)7-9-18(16)20(19)14-23(28)25(21,22)3/h15-18,20-21,23,27-28H,4-14H2,1-3H3,(H,26,29). The molecule has 8 unspecified atom stereocenters. The molecule has 164 valence electrons. The zero-order valence-corrected chi connectivity index (χ0v) is 18.6. The minimum Gasteiger partial charge on any atom is -0.393 e. The second-order valence-electron chi connectivity index (χ2n) is 10.7. The van der Waals surface area contributed by atoms with Gasteiger partial charge in [-0.15, -0.1) is 0 Å². The fraction of sp³-hybridized carbons (Fsp3) is 0.880. The monoisotopic (exact) mass is 403 g/mol. The molecule has 4 heteroatoms. The van der Waals surface area contributed by atoms with E-state index in [4.69, 9.17) is 0 Å². The number of fused-ring (bicyclic) bond motifs is 4. The summed E-state index contributed by atoms with van der Waals surface area (Å²) in [6.07, 6.45) is 9.77. The maximum Gasteiger partial charge on any atom is 0.219 e. The van der Waals surface area contributed by atoms with Crippen LogP contribution in [0.15, 0.2) is 11.1 Å². The number of hydrogen-bond acceptors (Lipinski definition) is 3. The molecular weight excluding hydrogens is 362 g/mol. The SMILES string of the molecule is CCNC(=O)CCC(C)C1CCC2=C3CCC4CC(O)CCC4C3CC(O)C21C. The molecule has 0 aromatic carbocycles. The third-order valence-electron chi connectivity index (χ3n) is 9.33. The lowest BCUT2D eigenvalue weighted by molar-refractivity contribution is -0.121. The van der Waals surface area contributed by atoms with Crippen molar-refractivity contribution < 1.29 is 15.0 Å². The molecule has 0 aromatic rings. The molecule has 0 radical (unpaired) electrons. The van der Waals surface area contributed by atoms with Crippen LogP contribution in [-0.2, 0) is 4.79 Å². The number of aliphatic hydroxyl groups is 2. The molecule has 0 heterocycles. The highest BCUT2D eigenvalue weighted by atomic mass is 16.3. The number of amides is 1. The van der Waals surface area contributed by atoms with E-state index in [0.717, 1.165) is 44.9 Å². The van der Waals surface area contributed by atoms with Crippen molar-refractivity contribution in [3.63, 3.8) is 0 Å². The van der Waals surface area contributed by atoms with Crippen molar-refractivity contribution in [3.05, 3.63) is 11.1 Å². The Labute approximate surface area is 176 Å². The molecule has 4 aliphatic carbocycles. The lowest BCUT2D eigenvalue weighted by atomic mass is 9.53. The maximum absolute atomic E-state index is 11.9. The lowest BCUT2D eigenvalue weighted by Gasteiger charge is -2.53. The highest BCUT2D eigenvalue weighted by Gasteiger charge is 2.56. The first-order valence-corrected chi connectivity index (χ1v) is 12.2. The highest BCUT2D eigenvalue weighted by molar-refractivity contribution is 5.75. The van der Waals surface area contributed by atoms with Gasteiger partial charge >= 0.3 is 0 Å². The average molecular weight is 404 g/mol. The van der Waals surface area contributed by atoms with Crippen LogP contribution in [0, 0.1) is 35.0 Å². The predicted octanol–water partition coefficient (Wildman–Crippen LogP) is 4.20. The largest absolute Gasteiger partial charge is 0.393 e. The molecule has 3 N–H and O–H groups in total. The minimum absolute atomic E-state index is 0.104. The third kappa shape index (κ3) is 3.69. The van der Waals surface area contributed by atoms with Crippen LogP contribution < -0.4 is 5.32 Å². The summed E-state index contributed by atoms with van der Waals surface area (Å²) in [5.41, 5.74) is 3.17. The quantitative estimate of drug-likeness (QED) is 0.603. The van der Waals surface area contributed by atoms with E-state index in [1.807, 2.05) is 6.92 Å². The summed E-state index contributed by atoms with van der Waals surface area (Å²) in [4.78, 5) is 11.9. The number of nitrogens with one attached hydrogen (secondary N) is 1. The predicted molar refractivity (Wildman–Crippen MR) is 115 cm³/mol. The second-order valence-corrected chi connectivity index (χ2v) is 10.7. The van der Waals surface area contributed by atoms with E-state index in [2.05, 4.69) is 19.2 Å². The smallest absolute Gasteiger partial charge is 0.219 e. The second kappa shape index (κ2) is 8.34. The van der Waals surface area contributed by atoms with Crippen molar-refractivity contribution in [2.45, 2.75) is 97.2 Å². The zero-order valence-electron chi connectivity index (χ0n) is 18.6. The van der Waals surface area contributed by atoms with Crippen molar-refractivity contribution in [2.75, 3.05) is 6.54 Å². The Hall–Kier alpha value is -0.870. The normalized spacial score (nSPS) is 42.7. The fourth-order valence-corrected chi connectivity index (χ4v) is 7.85.